The van der Waals surface area contributed by atoms with Gasteiger partial charge in [0.25, 0.3) is 0 Å². The van der Waals surface area contributed by atoms with Crippen LogP contribution in [0.4, 0.5) is 0 Å². The first-order valence-electron chi connectivity index (χ1n) is 5.73. The first-order valence-corrected chi connectivity index (χ1v) is 5.73. The molecule has 16 heavy (non-hydrogen) atoms. The number of aliphatic hydroxyl groups is 2. The Morgan fingerprint density at radius 3 is 2.62 bits per heavy atom. The highest BCUT2D eigenvalue weighted by molar-refractivity contribution is 5.14. The van der Waals surface area contributed by atoms with Gasteiger partial charge in [-0.25, -0.2) is 0 Å². The van der Waals surface area contributed by atoms with Crippen molar-refractivity contribution in [3.63, 3.8) is 0 Å². The largest absolute Gasteiger partial charge is 0.394 e. The molecule has 1 rings (SSSR count). The third-order valence-corrected chi connectivity index (χ3v) is 2.39. The summed E-state index contributed by atoms with van der Waals surface area (Å²) in [4.78, 5) is 0. The Hall–Kier alpha value is -0.900. The standard InChI is InChI=1S/C13H20O3/c14-9-10-16-11-13(15)8-4-7-12-5-2-1-3-6-12/h1-3,5-6,13-15H,4,7-11H2. The Morgan fingerprint density at radius 2 is 1.94 bits per heavy atom. The van der Waals surface area contributed by atoms with Crippen molar-refractivity contribution >= 4 is 0 Å². The minimum atomic E-state index is -0.421. The van der Waals surface area contributed by atoms with Gasteiger partial charge >= 0.3 is 0 Å². The fourth-order valence-electron chi connectivity index (χ4n) is 1.55. The van der Waals surface area contributed by atoms with Gasteiger partial charge < -0.3 is 14.9 Å². The molecule has 1 atom stereocenters. The topological polar surface area (TPSA) is 49.7 Å². The van der Waals surface area contributed by atoms with E-state index in [9.17, 15) is 5.11 Å². The molecule has 0 saturated carbocycles. The van der Waals surface area contributed by atoms with Crippen molar-refractivity contribution in [2.45, 2.75) is 25.4 Å². The van der Waals surface area contributed by atoms with Crippen molar-refractivity contribution in [1.82, 2.24) is 0 Å². The monoisotopic (exact) mass is 224 g/mol. The molecular weight excluding hydrogens is 204 g/mol. The molecule has 0 saturated heterocycles. The van der Waals surface area contributed by atoms with Gasteiger partial charge in [0.05, 0.1) is 25.9 Å². The molecule has 3 nitrogen and oxygen atoms in total. The van der Waals surface area contributed by atoms with Gasteiger partial charge in [-0.2, -0.15) is 0 Å². The highest BCUT2D eigenvalue weighted by Gasteiger charge is 2.03. The van der Waals surface area contributed by atoms with Crippen molar-refractivity contribution in [3.8, 4) is 0 Å². The zero-order valence-electron chi connectivity index (χ0n) is 9.51. The van der Waals surface area contributed by atoms with Gasteiger partial charge in [0.1, 0.15) is 0 Å². The highest BCUT2D eigenvalue weighted by atomic mass is 16.5. The fraction of sp³-hybridized carbons (Fsp3) is 0.538. The number of hydrogen-bond donors (Lipinski definition) is 2. The summed E-state index contributed by atoms with van der Waals surface area (Å²) in [6.45, 7) is 0.627. The second-order valence-corrected chi connectivity index (χ2v) is 3.83. The van der Waals surface area contributed by atoms with Crippen LogP contribution in [0.1, 0.15) is 18.4 Å². The average molecular weight is 224 g/mol. The maximum absolute atomic E-state index is 9.55. The molecule has 2 N–H and O–H groups in total. The Morgan fingerprint density at radius 1 is 1.19 bits per heavy atom. The summed E-state index contributed by atoms with van der Waals surface area (Å²) in [6, 6.07) is 10.2. The van der Waals surface area contributed by atoms with E-state index < -0.39 is 6.10 Å². The number of rotatable bonds is 8. The molecule has 0 aliphatic carbocycles. The molecule has 3 heteroatoms. The molecule has 0 radical (unpaired) electrons. The van der Waals surface area contributed by atoms with Crippen LogP contribution in [0.5, 0.6) is 0 Å². The number of ether oxygens (including phenoxy) is 1. The van der Waals surface area contributed by atoms with E-state index in [0.29, 0.717) is 13.2 Å². The SMILES string of the molecule is OCCOCC(O)CCCc1ccccc1. The van der Waals surface area contributed by atoms with E-state index in [1.165, 1.54) is 5.56 Å². The second kappa shape index (κ2) is 8.28. The molecule has 0 aliphatic rings. The van der Waals surface area contributed by atoms with Crippen LogP contribution in [0.3, 0.4) is 0 Å². The van der Waals surface area contributed by atoms with Crippen LogP contribution in [0.15, 0.2) is 30.3 Å². The van der Waals surface area contributed by atoms with E-state index in [1.807, 2.05) is 18.2 Å². The number of aliphatic hydroxyl groups excluding tert-OH is 2. The number of hydrogen-bond acceptors (Lipinski definition) is 3. The molecule has 0 fully saturated rings. The Balaban J connectivity index is 2.06. The summed E-state index contributed by atoms with van der Waals surface area (Å²) in [5.41, 5.74) is 1.30. The van der Waals surface area contributed by atoms with Crippen LogP contribution >= 0.6 is 0 Å². The maximum Gasteiger partial charge on any atom is 0.0773 e. The molecule has 1 aromatic rings. The molecule has 0 bridgehead atoms. The minimum Gasteiger partial charge on any atom is -0.394 e. The molecule has 0 heterocycles. The van der Waals surface area contributed by atoms with E-state index >= 15 is 0 Å². The average Bonchev–Trinajstić information content (AvgIpc) is 2.31. The lowest BCUT2D eigenvalue weighted by molar-refractivity contribution is 0.0173. The van der Waals surface area contributed by atoms with Crippen LogP contribution in [-0.4, -0.2) is 36.1 Å². The third kappa shape index (κ3) is 5.85. The molecule has 0 spiro atoms. The number of benzene rings is 1. The van der Waals surface area contributed by atoms with Gasteiger partial charge in [-0.1, -0.05) is 30.3 Å². The lowest BCUT2D eigenvalue weighted by Gasteiger charge is -2.10. The molecule has 0 aliphatic heterocycles. The van der Waals surface area contributed by atoms with E-state index in [4.69, 9.17) is 9.84 Å². The van der Waals surface area contributed by atoms with Gasteiger partial charge in [-0.05, 0) is 24.8 Å². The first-order chi connectivity index (χ1) is 7.83. The van der Waals surface area contributed by atoms with Crippen LogP contribution in [0, 0.1) is 0 Å². The molecule has 0 amide bonds. The predicted molar refractivity (Wildman–Crippen MR) is 63.3 cm³/mol. The van der Waals surface area contributed by atoms with E-state index in [-0.39, 0.29) is 6.61 Å². The van der Waals surface area contributed by atoms with Gasteiger partial charge in [-0.15, -0.1) is 0 Å². The highest BCUT2D eigenvalue weighted by Crippen LogP contribution is 2.06. The van der Waals surface area contributed by atoms with Gasteiger partial charge in [-0.3, -0.25) is 0 Å². The van der Waals surface area contributed by atoms with Crippen molar-refractivity contribution in [2.24, 2.45) is 0 Å². The summed E-state index contributed by atoms with van der Waals surface area (Å²) in [7, 11) is 0. The van der Waals surface area contributed by atoms with Crippen LogP contribution in [0.2, 0.25) is 0 Å². The van der Waals surface area contributed by atoms with Crippen LogP contribution in [-0.2, 0) is 11.2 Å². The summed E-state index contributed by atoms with van der Waals surface area (Å²) in [5.74, 6) is 0. The molecule has 1 unspecified atom stereocenters. The molecule has 1 aromatic carbocycles. The summed E-state index contributed by atoms with van der Waals surface area (Å²) in [6.07, 6.45) is 2.25. The van der Waals surface area contributed by atoms with Crippen molar-refractivity contribution in [3.05, 3.63) is 35.9 Å². The van der Waals surface area contributed by atoms with Crippen molar-refractivity contribution < 1.29 is 14.9 Å². The van der Waals surface area contributed by atoms with E-state index in [1.54, 1.807) is 0 Å². The van der Waals surface area contributed by atoms with Crippen LogP contribution < -0.4 is 0 Å². The molecule has 90 valence electrons. The van der Waals surface area contributed by atoms with Crippen molar-refractivity contribution in [2.75, 3.05) is 19.8 Å². The first kappa shape index (κ1) is 13.2. The zero-order valence-corrected chi connectivity index (χ0v) is 9.51. The quantitative estimate of drug-likeness (QED) is 0.656. The zero-order chi connectivity index (χ0) is 11.6. The Kier molecular flexibility index (Phi) is 6.81. The minimum absolute atomic E-state index is 0.0107. The second-order valence-electron chi connectivity index (χ2n) is 3.83. The van der Waals surface area contributed by atoms with Gasteiger partial charge in [0.15, 0.2) is 0 Å². The Bertz CT molecular complexity index is 261. The third-order valence-electron chi connectivity index (χ3n) is 2.39. The summed E-state index contributed by atoms with van der Waals surface area (Å²) >= 11 is 0. The summed E-state index contributed by atoms with van der Waals surface area (Å²) < 4.78 is 5.05. The predicted octanol–water partition coefficient (Wildman–Crippen LogP) is 1.38. The van der Waals surface area contributed by atoms with E-state index in [0.717, 1.165) is 19.3 Å². The van der Waals surface area contributed by atoms with Gasteiger partial charge in [0.2, 0.25) is 0 Å². The molecular formula is C13H20O3. The Labute approximate surface area is 96.7 Å². The van der Waals surface area contributed by atoms with E-state index in [2.05, 4.69) is 12.1 Å². The smallest absolute Gasteiger partial charge is 0.0773 e. The molecule has 0 aromatic heterocycles. The fourth-order valence-corrected chi connectivity index (χ4v) is 1.55. The summed E-state index contributed by atoms with van der Waals surface area (Å²) in [5, 5.41) is 18.0. The number of aryl methyl sites for hydroxylation is 1. The van der Waals surface area contributed by atoms with Crippen LogP contribution in [0.25, 0.3) is 0 Å². The van der Waals surface area contributed by atoms with Gasteiger partial charge in [0, 0.05) is 0 Å². The normalized spacial score (nSPS) is 12.6. The maximum atomic E-state index is 9.55. The lowest BCUT2D eigenvalue weighted by Crippen LogP contribution is -2.16. The lowest BCUT2D eigenvalue weighted by atomic mass is 10.1. The van der Waals surface area contributed by atoms with Crippen molar-refractivity contribution in [1.29, 1.82) is 0 Å².